The Morgan fingerprint density at radius 2 is 1.74 bits per heavy atom. The lowest BCUT2D eigenvalue weighted by molar-refractivity contribution is -0.384. The number of fused-ring (bicyclic) bond motifs is 4. The number of nitro groups is 1. The summed E-state index contributed by atoms with van der Waals surface area (Å²) < 4.78 is 34.1. The van der Waals surface area contributed by atoms with Gasteiger partial charge in [0.25, 0.3) is 11.6 Å². The lowest BCUT2D eigenvalue weighted by Crippen LogP contribution is -2.53. The van der Waals surface area contributed by atoms with Crippen molar-refractivity contribution in [3.05, 3.63) is 93.5 Å². The molecule has 5 rings (SSSR count). The molecule has 9 nitrogen and oxygen atoms in total. The Bertz CT molecular complexity index is 1370. The third kappa shape index (κ3) is 2.52. The summed E-state index contributed by atoms with van der Waals surface area (Å²) in [6, 6.07) is 16.7. The fourth-order valence-electron chi connectivity index (χ4n) is 4.23. The average molecular weight is 437 g/mol. The molecule has 0 radical (unpaired) electrons. The number of benzene rings is 3. The SMILES string of the molecule is COc1ccc2c(c1)[C@]1(NS(=O)(=O)c3ccccc31)N(c1ccc([N+](=O)[O-])cc1)C2=O. The topological polar surface area (TPSA) is 119 Å². The molecule has 2 heterocycles. The maximum absolute atomic E-state index is 13.5. The van der Waals surface area contributed by atoms with Crippen molar-refractivity contribution in [3.63, 3.8) is 0 Å². The van der Waals surface area contributed by atoms with Crippen LogP contribution in [-0.4, -0.2) is 26.4 Å². The van der Waals surface area contributed by atoms with Gasteiger partial charge in [-0.1, -0.05) is 18.2 Å². The van der Waals surface area contributed by atoms with Gasteiger partial charge in [-0.25, -0.2) is 8.42 Å². The van der Waals surface area contributed by atoms with E-state index in [1.165, 1.54) is 42.3 Å². The maximum atomic E-state index is 13.5. The summed E-state index contributed by atoms with van der Waals surface area (Å²) in [6.45, 7) is 0. The molecule has 1 N–H and O–H groups in total. The van der Waals surface area contributed by atoms with Crippen LogP contribution in [0.2, 0.25) is 0 Å². The molecule has 0 fully saturated rings. The summed E-state index contributed by atoms with van der Waals surface area (Å²) in [7, 11) is -2.46. The van der Waals surface area contributed by atoms with Gasteiger partial charge in [-0.3, -0.25) is 19.8 Å². The summed E-state index contributed by atoms with van der Waals surface area (Å²) in [5.41, 5.74) is -0.274. The molecule has 1 atom stereocenters. The van der Waals surface area contributed by atoms with Crippen molar-refractivity contribution in [2.45, 2.75) is 10.6 Å². The van der Waals surface area contributed by atoms with Crippen LogP contribution in [0.25, 0.3) is 0 Å². The van der Waals surface area contributed by atoms with Crippen LogP contribution in [0.3, 0.4) is 0 Å². The van der Waals surface area contributed by atoms with E-state index in [2.05, 4.69) is 4.72 Å². The Hall–Kier alpha value is -3.76. The van der Waals surface area contributed by atoms with Crippen LogP contribution in [0.1, 0.15) is 21.5 Å². The highest BCUT2D eigenvalue weighted by molar-refractivity contribution is 7.90. The Morgan fingerprint density at radius 3 is 2.42 bits per heavy atom. The van der Waals surface area contributed by atoms with E-state index in [4.69, 9.17) is 4.74 Å². The van der Waals surface area contributed by atoms with E-state index in [1.807, 2.05) is 0 Å². The van der Waals surface area contributed by atoms with Gasteiger partial charge in [0.15, 0.2) is 5.66 Å². The van der Waals surface area contributed by atoms with Crippen molar-refractivity contribution in [3.8, 4) is 5.75 Å². The van der Waals surface area contributed by atoms with Crippen molar-refractivity contribution in [1.82, 2.24) is 4.72 Å². The highest BCUT2D eigenvalue weighted by atomic mass is 32.2. The second kappa shape index (κ2) is 6.37. The third-order valence-electron chi connectivity index (χ3n) is 5.55. The van der Waals surface area contributed by atoms with Crippen LogP contribution in [0.4, 0.5) is 11.4 Å². The molecule has 3 aromatic rings. The molecule has 1 amide bonds. The zero-order valence-corrected chi connectivity index (χ0v) is 16.9. The van der Waals surface area contributed by atoms with E-state index in [0.717, 1.165) is 0 Å². The minimum absolute atomic E-state index is 0.0605. The number of hydrogen-bond donors (Lipinski definition) is 1. The standard InChI is InChI=1S/C21H15N3O6S/c1-30-15-10-11-16-18(12-15)21(17-4-2-3-5-19(17)31(28,29)22-21)23(20(16)25)13-6-8-14(9-7-13)24(26)27/h2-12,22H,1H3/t21-/m1/s1. The van der Waals surface area contributed by atoms with Gasteiger partial charge < -0.3 is 4.74 Å². The van der Waals surface area contributed by atoms with Crippen LogP contribution in [0, 0.1) is 10.1 Å². The van der Waals surface area contributed by atoms with Crippen molar-refractivity contribution in [2.24, 2.45) is 0 Å². The molecule has 2 aliphatic rings. The minimum Gasteiger partial charge on any atom is -0.497 e. The molecule has 2 aliphatic heterocycles. The van der Waals surface area contributed by atoms with E-state index >= 15 is 0 Å². The zero-order chi connectivity index (χ0) is 22.0. The summed E-state index contributed by atoms with van der Waals surface area (Å²) in [4.78, 5) is 25.4. The van der Waals surface area contributed by atoms with Gasteiger partial charge in [0, 0.05) is 34.5 Å². The first-order chi connectivity index (χ1) is 14.8. The molecule has 0 bridgehead atoms. The number of sulfonamides is 1. The van der Waals surface area contributed by atoms with Crippen molar-refractivity contribution >= 4 is 27.3 Å². The van der Waals surface area contributed by atoms with Gasteiger partial charge in [0.1, 0.15) is 5.75 Å². The number of hydrogen-bond acceptors (Lipinski definition) is 6. The molecular formula is C21H15N3O6S. The van der Waals surface area contributed by atoms with Crippen LogP contribution in [0.5, 0.6) is 5.75 Å². The van der Waals surface area contributed by atoms with Crippen molar-refractivity contribution in [1.29, 1.82) is 0 Å². The Labute approximate surface area is 177 Å². The summed E-state index contributed by atoms with van der Waals surface area (Å²) >= 11 is 0. The van der Waals surface area contributed by atoms with E-state index in [-0.39, 0.29) is 10.6 Å². The second-order valence-corrected chi connectivity index (χ2v) is 8.79. The molecule has 1 spiro atoms. The Morgan fingerprint density at radius 1 is 1.03 bits per heavy atom. The summed E-state index contributed by atoms with van der Waals surface area (Å²) in [5.74, 6) is 0.0194. The van der Waals surface area contributed by atoms with Crippen molar-refractivity contribution in [2.75, 3.05) is 12.0 Å². The summed E-state index contributed by atoms with van der Waals surface area (Å²) in [5, 5.41) is 11.1. The molecule has 0 saturated heterocycles. The number of nitrogens with one attached hydrogen (secondary N) is 1. The number of anilines is 1. The van der Waals surface area contributed by atoms with Gasteiger partial charge >= 0.3 is 0 Å². The zero-order valence-electron chi connectivity index (χ0n) is 16.1. The third-order valence-corrected chi connectivity index (χ3v) is 7.05. The smallest absolute Gasteiger partial charge is 0.269 e. The molecule has 3 aromatic carbocycles. The number of carbonyl (C=O) groups excluding carboxylic acids is 1. The monoisotopic (exact) mass is 437 g/mol. The Balaban J connectivity index is 1.83. The minimum atomic E-state index is -3.94. The van der Waals surface area contributed by atoms with Crippen LogP contribution < -0.4 is 14.4 Å². The molecule has 0 aliphatic carbocycles. The first-order valence-corrected chi connectivity index (χ1v) is 10.7. The first kappa shape index (κ1) is 19.2. The van der Waals surface area contributed by atoms with Gasteiger partial charge in [-0.05, 0) is 36.4 Å². The molecule has 10 heteroatoms. The molecular weight excluding hydrogens is 422 g/mol. The summed E-state index contributed by atoms with van der Waals surface area (Å²) in [6.07, 6.45) is 0. The number of nitrogens with zero attached hydrogens (tertiary/aromatic N) is 2. The Kier molecular flexibility index (Phi) is 3.95. The number of amides is 1. The maximum Gasteiger partial charge on any atom is 0.269 e. The number of methoxy groups -OCH3 is 1. The van der Waals surface area contributed by atoms with Gasteiger partial charge in [-0.2, -0.15) is 4.72 Å². The predicted octanol–water partition coefficient (Wildman–Crippen LogP) is 2.76. The fourth-order valence-corrected chi connectivity index (χ4v) is 5.81. The molecule has 31 heavy (non-hydrogen) atoms. The average Bonchev–Trinajstić information content (AvgIpc) is 3.15. The van der Waals surface area contributed by atoms with Gasteiger partial charge in [0.05, 0.1) is 16.9 Å². The number of non-ortho nitro benzene ring substituents is 1. The van der Waals surface area contributed by atoms with Crippen LogP contribution in [0.15, 0.2) is 71.6 Å². The van der Waals surface area contributed by atoms with Crippen LogP contribution in [-0.2, 0) is 15.7 Å². The molecule has 0 saturated carbocycles. The fraction of sp³-hybridized carbons (Fsp3) is 0.0952. The predicted molar refractivity (Wildman–Crippen MR) is 110 cm³/mol. The molecule has 156 valence electrons. The van der Waals surface area contributed by atoms with Gasteiger partial charge in [-0.15, -0.1) is 0 Å². The highest BCUT2D eigenvalue weighted by Crippen LogP contribution is 2.51. The largest absolute Gasteiger partial charge is 0.497 e. The highest BCUT2D eigenvalue weighted by Gasteiger charge is 2.59. The quantitative estimate of drug-likeness (QED) is 0.497. The lowest BCUT2D eigenvalue weighted by atomic mass is 9.91. The second-order valence-electron chi connectivity index (χ2n) is 7.14. The lowest BCUT2D eigenvalue weighted by Gasteiger charge is -2.35. The first-order valence-electron chi connectivity index (χ1n) is 9.20. The molecule has 0 unspecified atom stereocenters. The number of ether oxygens (including phenoxy) is 1. The van der Waals surface area contributed by atoms with Crippen molar-refractivity contribution < 1.29 is 22.9 Å². The normalized spacial score (nSPS) is 20.5. The van der Waals surface area contributed by atoms with E-state index in [1.54, 1.807) is 36.4 Å². The van der Waals surface area contributed by atoms with E-state index in [9.17, 15) is 23.3 Å². The number of rotatable bonds is 3. The van der Waals surface area contributed by atoms with Gasteiger partial charge in [0.2, 0.25) is 10.0 Å². The van der Waals surface area contributed by atoms with Crippen LogP contribution >= 0.6 is 0 Å². The number of carbonyl (C=O) groups is 1. The molecule has 0 aromatic heterocycles. The van der Waals surface area contributed by atoms with E-state index in [0.29, 0.717) is 28.1 Å². The van der Waals surface area contributed by atoms with E-state index < -0.39 is 26.5 Å². The number of nitro benzene ring substituents is 1.